The van der Waals surface area contributed by atoms with Crippen LogP contribution in [0.3, 0.4) is 0 Å². The van der Waals surface area contributed by atoms with Gasteiger partial charge < -0.3 is 5.73 Å². The first-order valence-electron chi connectivity index (χ1n) is 6.75. The first-order chi connectivity index (χ1) is 10.4. The lowest BCUT2D eigenvalue weighted by Crippen LogP contribution is -2.18. The molecule has 6 heteroatoms. The Bertz CT molecular complexity index is 694. The molecule has 0 aliphatic heterocycles. The van der Waals surface area contributed by atoms with Gasteiger partial charge in [0, 0.05) is 32.9 Å². The summed E-state index contributed by atoms with van der Waals surface area (Å²) in [5.74, 6) is 0. The summed E-state index contributed by atoms with van der Waals surface area (Å²) in [6.07, 6.45) is 0. The van der Waals surface area contributed by atoms with Crippen LogP contribution >= 0.6 is 34.8 Å². The molecule has 0 aliphatic rings. The van der Waals surface area contributed by atoms with Gasteiger partial charge in [-0.3, -0.25) is 5.01 Å². The van der Waals surface area contributed by atoms with Crippen LogP contribution < -0.4 is 10.7 Å². The second-order valence-corrected chi connectivity index (χ2v) is 6.07. The zero-order valence-corrected chi connectivity index (χ0v) is 14.5. The summed E-state index contributed by atoms with van der Waals surface area (Å²) >= 11 is 18.1. The maximum absolute atomic E-state index is 6.05. The fraction of sp³-hybridized carbons (Fsp3) is 0.188. The Morgan fingerprint density at radius 3 is 2.27 bits per heavy atom. The molecular weight excluding hydrogens is 341 g/mol. The van der Waals surface area contributed by atoms with Crippen LogP contribution in [-0.4, -0.2) is 12.3 Å². The molecule has 2 aromatic rings. The van der Waals surface area contributed by atoms with Gasteiger partial charge >= 0.3 is 0 Å². The highest BCUT2D eigenvalue weighted by Crippen LogP contribution is 2.26. The first kappa shape index (κ1) is 16.9. The molecule has 0 bridgehead atoms. The molecule has 0 heterocycles. The van der Waals surface area contributed by atoms with Gasteiger partial charge in [-0.05, 0) is 50.2 Å². The maximum atomic E-state index is 6.05. The fourth-order valence-electron chi connectivity index (χ4n) is 2.08. The molecule has 0 unspecified atom stereocenters. The molecule has 116 valence electrons. The van der Waals surface area contributed by atoms with Gasteiger partial charge in [0.1, 0.15) is 0 Å². The third-order valence-corrected chi connectivity index (χ3v) is 3.79. The Kier molecular flexibility index (Phi) is 5.57. The van der Waals surface area contributed by atoms with Crippen molar-refractivity contribution in [3.05, 3.63) is 57.0 Å². The fourth-order valence-corrected chi connectivity index (χ4v) is 2.76. The van der Waals surface area contributed by atoms with Crippen molar-refractivity contribution in [2.24, 2.45) is 5.10 Å². The van der Waals surface area contributed by atoms with E-state index in [-0.39, 0.29) is 0 Å². The van der Waals surface area contributed by atoms with E-state index in [2.05, 4.69) is 5.10 Å². The molecule has 2 N–H and O–H groups in total. The van der Waals surface area contributed by atoms with Gasteiger partial charge in [-0.25, -0.2) is 0 Å². The van der Waals surface area contributed by atoms with Crippen molar-refractivity contribution in [3.63, 3.8) is 0 Å². The summed E-state index contributed by atoms with van der Waals surface area (Å²) in [6, 6.07) is 10.6. The average molecular weight is 357 g/mol. The molecule has 0 spiro atoms. The lowest BCUT2D eigenvalue weighted by atomic mass is 10.1. The summed E-state index contributed by atoms with van der Waals surface area (Å²) in [5.41, 5.74) is 9.01. The normalized spacial score (nSPS) is 11.6. The number of nitrogen functional groups attached to an aromatic ring is 1. The van der Waals surface area contributed by atoms with Crippen molar-refractivity contribution < 1.29 is 0 Å². The third-order valence-electron chi connectivity index (χ3n) is 3.12. The van der Waals surface area contributed by atoms with E-state index in [0.717, 1.165) is 17.0 Å². The van der Waals surface area contributed by atoms with Gasteiger partial charge in [0.2, 0.25) is 0 Å². The van der Waals surface area contributed by atoms with E-state index < -0.39 is 0 Å². The summed E-state index contributed by atoms with van der Waals surface area (Å²) in [5, 5.41) is 8.18. The molecule has 0 aliphatic carbocycles. The summed E-state index contributed by atoms with van der Waals surface area (Å²) < 4.78 is 0. The van der Waals surface area contributed by atoms with Crippen LogP contribution in [0.4, 0.5) is 11.4 Å². The topological polar surface area (TPSA) is 41.6 Å². The quantitative estimate of drug-likeness (QED) is 0.448. The lowest BCUT2D eigenvalue weighted by molar-refractivity contribution is 0.892. The molecule has 0 atom stereocenters. The van der Waals surface area contributed by atoms with E-state index in [1.807, 2.05) is 31.0 Å². The molecular formula is C16H16Cl3N3. The molecule has 0 aromatic heterocycles. The van der Waals surface area contributed by atoms with Gasteiger partial charge in [-0.2, -0.15) is 5.10 Å². The maximum Gasteiger partial charge on any atom is 0.0672 e. The van der Waals surface area contributed by atoms with Gasteiger partial charge in [-0.1, -0.05) is 34.8 Å². The van der Waals surface area contributed by atoms with Crippen molar-refractivity contribution in [2.45, 2.75) is 13.8 Å². The SMILES string of the molecule is CCN(/N=C(\C)c1cc(Cl)ccc1N)c1cc(Cl)cc(Cl)c1. The first-order valence-corrected chi connectivity index (χ1v) is 7.88. The van der Waals surface area contributed by atoms with Crippen molar-refractivity contribution in [1.82, 2.24) is 0 Å². The minimum Gasteiger partial charge on any atom is -0.398 e. The second-order valence-electron chi connectivity index (χ2n) is 4.76. The molecule has 2 rings (SSSR count). The van der Waals surface area contributed by atoms with E-state index in [9.17, 15) is 0 Å². The molecule has 0 amide bonds. The minimum atomic E-state index is 0.566. The average Bonchev–Trinajstić information content (AvgIpc) is 2.46. The van der Waals surface area contributed by atoms with Gasteiger partial charge in [0.25, 0.3) is 0 Å². The van der Waals surface area contributed by atoms with Crippen LogP contribution in [0.15, 0.2) is 41.5 Å². The van der Waals surface area contributed by atoms with Crippen LogP contribution in [0.5, 0.6) is 0 Å². The molecule has 2 aromatic carbocycles. The highest BCUT2D eigenvalue weighted by molar-refractivity contribution is 6.35. The Balaban J connectivity index is 2.41. The van der Waals surface area contributed by atoms with Gasteiger partial charge in [0.15, 0.2) is 0 Å². The summed E-state index contributed by atoms with van der Waals surface area (Å²) in [4.78, 5) is 0. The molecule has 0 radical (unpaired) electrons. The van der Waals surface area contributed by atoms with E-state index in [1.54, 1.807) is 24.3 Å². The predicted molar refractivity (Wildman–Crippen MR) is 97.6 cm³/mol. The zero-order chi connectivity index (χ0) is 16.3. The van der Waals surface area contributed by atoms with E-state index in [1.165, 1.54) is 0 Å². The number of nitrogens with two attached hydrogens (primary N) is 1. The van der Waals surface area contributed by atoms with Crippen molar-refractivity contribution in [3.8, 4) is 0 Å². The number of hydrogen-bond acceptors (Lipinski definition) is 3. The molecule has 0 fully saturated rings. The number of hydrazone groups is 1. The number of nitrogens with zero attached hydrogens (tertiary/aromatic N) is 2. The Morgan fingerprint density at radius 1 is 1.05 bits per heavy atom. The van der Waals surface area contributed by atoms with Crippen LogP contribution in [0.2, 0.25) is 15.1 Å². The van der Waals surface area contributed by atoms with E-state index in [4.69, 9.17) is 40.5 Å². The Hall–Kier alpha value is -1.42. The lowest BCUT2D eigenvalue weighted by Gasteiger charge is -2.19. The van der Waals surface area contributed by atoms with Crippen molar-refractivity contribution in [1.29, 1.82) is 0 Å². The predicted octanol–water partition coefficient (Wildman–Crippen LogP) is 5.48. The molecule has 0 saturated heterocycles. The standard InChI is InChI=1S/C16H16Cl3N3/c1-3-22(14-7-12(18)6-13(19)8-14)21-10(2)15-9-11(17)4-5-16(15)20/h4-9H,3,20H2,1-2H3/b21-10+. The van der Waals surface area contributed by atoms with Crippen LogP contribution in [0, 0.1) is 0 Å². The Labute approximate surface area is 145 Å². The number of anilines is 2. The van der Waals surface area contributed by atoms with E-state index >= 15 is 0 Å². The number of hydrogen-bond donors (Lipinski definition) is 1. The number of rotatable bonds is 4. The van der Waals surface area contributed by atoms with Crippen LogP contribution in [-0.2, 0) is 0 Å². The zero-order valence-electron chi connectivity index (χ0n) is 12.3. The monoisotopic (exact) mass is 355 g/mol. The van der Waals surface area contributed by atoms with Gasteiger partial charge in [0.05, 0.1) is 11.4 Å². The van der Waals surface area contributed by atoms with Crippen LogP contribution in [0.1, 0.15) is 19.4 Å². The molecule has 22 heavy (non-hydrogen) atoms. The minimum absolute atomic E-state index is 0.566. The number of benzene rings is 2. The number of halogens is 3. The third kappa shape index (κ3) is 4.07. The van der Waals surface area contributed by atoms with Crippen molar-refractivity contribution >= 4 is 51.9 Å². The van der Waals surface area contributed by atoms with Crippen molar-refractivity contribution in [2.75, 3.05) is 17.3 Å². The van der Waals surface area contributed by atoms with E-state index in [0.29, 0.717) is 27.3 Å². The molecule has 3 nitrogen and oxygen atoms in total. The largest absolute Gasteiger partial charge is 0.398 e. The second kappa shape index (κ2) is 7.23. The highest BCUT2D eigenvalue weighted by Gasteiger charge is 2.09. The summed E-state index contributed by atoms with van der Waals surface area (Å²) in [6.45, 7) is 4.54. The molecule has 0 saturated carbocycles. The summed E-state index contributed by atoms with van der Waals surface area (Å²) in [7, 11) is 0. The highest BCUT2D eigenvalue weighted by atomic mass is 35.5. The van der Waals surface area contributed by atoms with Crippen LogP contribution in [0.25, 0.3) is 0 Å². The Morgan fingerprint density at radius 2 is 1.68 bits per heavy atom. The smallest absolute Gasteiger partial charge is 0.0672 e. The van der Waals surface area contributed by atoms with Gasteiger partial charge in [-0.15, -0.1) is 0 Å².